The number of carbonyl (C=O) groups excluding carboxylic acids is 4. The van der Waals surface area contributed by atoms with E-state index in [9.17, 15) is 32.8 Å². The molecule has 1 aliphatic rings. The standard InChI is InChI=1S/C31H41ClN6O11S/c1-7-35(8-2)38(43)34-48-20-47-28(40)16-15-27(39)46-19-36(30(42)49-31(4,5)6)50(44,45)26-18-23(13-14-24(26)32)29(41)33-37-21(3)17-22-11-9-10-12-25(22)37/h9-14,18,21H,7-8,15-17,19-20H2,1-6H3,(H,33,41)/b38-34-. The summed E-state index contributed by atoms with van der Waals surface area (Å²) in [6.45, 7) is 8.76. The Morgan fingerprint density at radius 2 is 1.70 bits per heavy atom. The molecule has 3 rings (SSSR count). The minimum Gasteiger partial charge on any atom is -0.569 e. The van der Waals surface area contributed by atoms with E-state index in [0.29, 0.717) is 19.5 Å². The molecule has 1 unspecified atom stereocenters. The molecule has 19 heteroatoms. The summed E-state index contributed by atoms with van der Waals surface area (Å²) >= 11 is 6.28. The Labute approximate surface area is 295 Å². The number of carbonyl (C=O) groups is 4. The molecule has 17 nitrogen and oxygen atoms in total. The van der Waals surface area contributed by atoms with Gasteiger partial charge in [0.2, 0.25) is 5.28 Å². The van der Waals surface area contributed by atoms with Crippen LogP contribution in [0.4, 0.5) is 10.5 Å². The number of amides is 2. The Balaban J connectivity index is 1.70. The molecule has 0 aliphatic carbocycles. The number of rotatable bonds is 15. The number of ether oxygens (including phenoxy) is 3. The summed E-state index contributed by atoms with van der Waals surface area (Å²) in [5, 5.41) is 17.6. The smallest absolute Gasteiger partial charge is 0.427 e. The van der Waals surface area contributed by atoms with E-state index < -0.39 is 70.8 Å². The topological polar surface area (TPSA) is 200 Å². The maximum atomic E-state index is 13.9. The second-order valence-electron chi connectivity index (χ2n) is 11.9. The molecule has 274 valence electrons. The van der Waals surface area contributed by atoms with Crippen molar-refractivity contribution in [3.63, 3.8) is 0 Å². The second-order valence-corrected chi connectivity index (χ2v) is 14.1. The van der Waals surface area contributed by atoms with Gasteiger partial charge in [0.05, 0.1) is 47.7 Å². The van der Waals surface area contributed by atoms with Gasteiger partial charge in [-0.1, -0.05) is 29.8 Å². The van der Waals surface area contributed by atoms with Crippen LogP contribution in [0.15, 0.2) is 52.6 Å². The van der Waals surface area contributed by atoms with Crippen molar-refractivity contribution in [3.8, 4) is 0 Å². The van der Waals surface area contributed by atoms with Crippen LogP contribution in [0.25, 0.3) is 0 Å². The first-order valence-electron chi connectivity index (χ1n) is 15.6. The van der Waals surface area contributed by atoms with Crippen molar-refractivity contribution in [2.75, 3.05) is 31.6 Å². The van der Waals surface area contributed by atoms with E-state index in [1.54, 1.807) is 18.9 Å². The summed E-state index contributed by atoms with van der Waals surface area (Å²) in [4.78, 5) is 55.1. The van der Waals surface area contributed by atoms with Crippen molar-refractivity contribution in [2.45, 2.75) is 77.3 Å². The van der Waals surface area contributed by atoms with Crippen LogP contribution in [0.2, 0.25) is 5.02 Å². The highest BCUT2D eigenvalue weighted by molar-refractivity contribution is 7.89. The first kappa shape index (κ1) is 39.6. The van der Waals surface area contributed by atoms with E-state index in [1.807, 2.05) is 31.2 Å². The molecular formula is C31H41ClN6O11S. The number of benzene rings is 2. The van der Waals surface area contributed by atoms with Crippen LogP contribution in [0.5, 0.6) is 0 Å². The minimum absolute atomic E-state index is 0.0812. The highest BCUT2D eigenvalue weighted by Crippen LogP contribution is 2.31. The second kappa shape index (κ2) is 17.2. The van der Waals surface area contributed by atoms with Gasteiger partial charge in [-0.05, 0) is 77.8 Å². The Kier molecular flexibility index (Phi) is 13.6. The third kappa shape index (κ3) is 10.6. The molecule has 0 fully saturated rings. The van der Waals surface area contributed by atoms with E-state index >= 15 is 0 Å². The van der Waals surface area contributed by atoms with E-state index in [1.165, 1.54) is 37.9 Å². The molecule has 1 heterocycles. The van der Waals surface area contributed by atoms with Gasteiger partial charge in [-0.15, -0.1) is 5.01 Å². The third-order valence-electron chi connectivity index (χ3n) is 7.04. The molecule has 1 N–H and O–H groups in total. The first-order valence-corrected chi connectivity index (χ1v) is 17.4. The zero-order valence-corrected chi connectivity index (χ0v) is 30.2. The lowest BCUT2D eigenvalue weighted by Gasteiger charge is -2.27. The summed E-state index contributed by atoms with van der Waals surface area (Å²) in [5.41, 5.74) is 3.37. The molecule has 2 aromatic rings. The molecule has 0 bridgehead atoms. The molecule has 0 spiro atoms. The molecule has 1 atom stereocenters. The summed E-state index contributed by atoms with van der Waals surface area (Å²) in [6.07, 6.45) is -1.79. The molecule has 0 saturated heterocycles. The van der Waals surface area contributed by atoms with Crippen LogP contribution in [0, 0.1) is 5.21 Å². The van der Waals surface area contributed by atoms with Crippen molar-refractivity contribution < 1.29 is 51.6 Å². The lowest BCUT2D eigenvalue weighted by Crippen LogP contribution is -2.45. The predicted molar refractivity (Wildman–Crippen MR) is 177 cm³/mol. The average molecular weight is 741 g/mol. The zero-order chi connectivity index (χ0) is 37.2. The number of nitrogens with zero attached hydrogens (tertiary/aromatic N) is 5. The number of fused-ring (bicyclic) bond motifs is 1. The van der Waals surface area contributed by atoms with Gasteiger partial charge in [-0.25, -0.2) is 13.2 Å². The molecule has 50 heavy (non-hydrogen) atoms. The Morgan fingerprint density at radius 3 is 2.34 bits per heavy atom. The molecular weight excluding hydrogens is 700 g/mol. The number of nitrogens with one attached hydrogen (secondary N) is 1. The number of sulfonamides is 1. The average Bonchev–Trinajstić information content (AvgIpc) is 3.36. The van der Waals surface area contributed by atoms with E-state index in [0.717, 1.165) is 17.3 Å². The Hall–Kier alpha value is -4.84. The number of halogens is 1. The molecule has 2 aromatic carbocycles. The number of esters is 2. The normalized spacial score (nSPS) is 14.3. The number of para-hydroxylation sites is 1. The van der Waals surface area contributed by atoms with Crippen molar-refractivity contribution in [3.05, 3.63) is 63.8 Å². The fourth-order valence-corrected chi connectivity index (χ4v) is 6.23. The van der Waals surface area contributed by atoms with Crippen LogP contribution >= 0.6 is 11.6 Å². The maximum absolute atomic E-state index is 13.9. The fraction of sp³-hybridized carbons (Fsp3) is 0.484. The number of hydrazine groups is 2. The third-order valence-corrected chi connectivity index (χ3v) is 9.21. The van der Waals surface area contributed by atoms with Crippen LogP contribution in [0.3, 0.4) is 0 Å². The fourth-order valence-electron chi connectivity index (χ4n) is 4.57. The number of hydrogen-bond acceptors (Lipinski definition) is 13. The van der Waals surface area contributed by atoms with E-state index in [4.69, 9.17) is 25.8 Å². The highest BCUT2D eigenvalue weighted by Gasteiger charge is 2.36. The maximum Gasteiger partial charge on any atom is 0.427 e. The minimum atomic E-state index is -4.90. The quantitative estimate of drug-likeness (QED) is 0.0516. The van der Waals surface area contributed by atoms with Crippen molar-refractivity contribution >= 4 is 51.3 Å². The summed E-state index contributed by atoms with van der Waals surface area (Å²) in [5.74, 6) is -2.62. The molecule has 0 saturated carbocycles. The lowest BCUT2D eigenvalue weighted by molar-refractivity contribution is -0.710. The van der Waals surface area contributed by atoms with Gasteiger partial charge in [-0.3, -0.25) is 24.8 Å². The zero-order valence-electron chi connectivity index (χ0n) is 28.6. The number of anilines is 1. The van der Waals surface area contributed by atoms with Gasteiger partial charge in [0.1, 0.15) is 10.5 Å². The molecule has 0 radical (unpaired) electrons. The first-order chi connectivity index (χ1) is 23.5. The Morgan fingerprint density at radius 1 is 1.06 bits per heavy atom. The SMILES string of the molecule is CCN(CC)/[N+]([O-])=N/OCOC(=O)CCC(=O)OCN(C(=O)OC(C)(C)C)S(=O)(=O)c1cc(C(=O)NN2c3ccccc3CC2C)ccc1Cl. The van der Waals surface area contributed by atoms with Crippen LogP contribution in [0.1, 0.15) is 70.3 Å². The van der Waals surface area contributed by atoms with Crippen LogP contribution < -0.4 is 10.4 Å². The van der Waals surface area contributed by atoms with Crippen molar-refractivity contribution in [1.82, 2.24) is 14.7 Å². The van der Waals surface area contributed by atoms with Gasteiger partial charge in [0.25, 0.3) is 22.7 Å². The van der Waals surface area contributed by atoms with Gasteiger partial charge in [0, 0.05) is 5.56 Å². The summed E-state index contributed by atoms with van der Waals surface area (Å²) in [6, 6.07) is 10.9. The largest absolute Gasteiger partial charge is 0.569 e. The monoisotopic (exact) mass is 740 g/mol. The van der Waals surface area contributed by atoms with Crippen LogP contribution in [-0.2, 0) is 45.1 Å². The molecule has 0 aromatic heterocycles. The summed E-state index contributed by atoms with van der Waals surface area (Å²) in [7, 11) is -4.90. The summed E-state index contributed by atoms with van der Waals surface area (Å²) < 4.78 is 42.9. The Bertz CT molecular complexity index is 1700. The van der Waals surface area contributed by atoms with Crippen molar-refractivity contribution in [1.29, 1.82) is 0 Å². The predicted octanol–water partition coefficient (Wildman–Crippen LogP) is 4.29. The van der Waals surface area contributed by atoms with Gasteiger partial charge in [0.15, 0.2) is 6.73 Å². The van der Waals surface area contributed by atoms with Gasteiger partial charge in [-0.2, -0.15) is 4.31 Å². The number of hydrogen-bond donors (Lipinski definition) is 1. The van der Waals surface area contributed by atoms with Crippen molar-refractivity contribution in [2.24, 2.45) is 5.28 Å². The van der Waals surface area contributed by atoms with E-state index in [-0.39, 0.29) is 25.9 Å². The molecule has 1 aliphatic heterocycles. The van der Waals surface area contributed by atoms with Crippen LogP contribution in [-0.4, -0.2) is 84.9 Å². The van der Waals surface area contributed by atoms with E-state index in [2.05, 4.69) is 15.5 Å². The lowest BCUT2D eigenvalue weighted by atomic mass is 10.1. The highest BCUT2D eigenvalue weighted by atomic mass is 35.5. The van der Waals surface area contributed by atoms with Gasteiger partial charge >= 0.3 is 18.0 Å². The molecule has 2 amide bonds. The van der Waals surface area contributed by atoms with Gasteiger partial charge < -0.3 is 24.3 Å².